The van der Waals surface area contributed by atoms with Crippen molar-refractivity contribution in [2.24, 2.45) is 0 Å². The highest BCUT2D eigenvalue weighted by Crippen LogP contribution is 2.18. The molecule has 1 aromatic carbocycles. The Labute approximate surface area is 163 Å². The zero-order valence-corrected chi connectivity index (χ0v) is 15.8. The quantitative estimate of drug-likeness (QED) is 0.715. The molecule has 1 aliphatic carbocycles. The fraction of sp³-hybridized carbons (Fsp3) is 0.381. The summed E-state index contributed by atoms with van der Waals surface area (Å²) < 4.78 is 3.35. The lowest BCUT2D eigenvalue weighted by molar-refractivity contribution is 0.232. The summed E-state index contributed by atoms with van der Waals surface area (Å²) in [5.74, 6) is 0.674. The number of aromatic nitrogens is 3. The van der Waals surface area contributed by atoms with Crippen molar-refractivity contribution >= 4 is 16.9 Å². The topological polar surface area (TPSA) is 81.0 Å². The van der Waals surface area contributed by atoms with Gasteiger partial charge in [-0.3, -0.25) is 9.36 Å². The van der Waals surface area contributed by atoms with E-state index < -0.39 is 0 Å². The van der Waals surface area contributed by atoms with Gasteiger partial charge in [0.05, 0.1) is 12.1 Å². The van der Waals surface area contributed by atoms with Crippen LogP contribution in [0.4, 0.5) is 4.79 Å². The zero-order chi connectivity index (χ0) is 19.3. The maximum Gasteiger partial charge on any atom is 0.315 e. The molecule has 0 atom stereocenters. The van der Waals surface area contributed by atoms with Crippen LogP contribution in [0.1, 0.15) is 32.1 Å². The predicted molar refractivity (Wildman–Crippen MR) is 109 cm³/mol. The van der Waals surface area contributed by atoms with Crippen LogP contribution in [0.25, 0.3) is 16.7 Å². The summed E-state index contributed by atoms with van der Waals surface area (Å²) in [7, 11) is 0. The molecule has 7 heteroatoms. The van der Waals surface area contributed by atoms with E-state index in [0.717, 1.165) is 23.7 Å². The lowest BCUT2D eigenvalue weighted by atomic mass is 9.96. The molecule has 0 bridgehead atoms. The van der Waals surface area contributed by atoms with Crippen LogP contribution >= 0.6 is 0 Å². The Hall–Kier alpha value is -3.09. The number of nitrogens with zero attached hydrogens (tertiary/aromatic N) is 3. The summed E-state index contributed by atoms with van der Waals surface area (Å²) in [6, 6.07) is 13.4. The average Bonchev–Trinajstić information content (AvgIpc) is 3.14. The van der Waals surface area contributed by atoms with Crippen LogP contribution in [-0.2, 0) is 6.54 Å². The third kappa shape index (κ3) is 4.08. The largest absolute Gasteiger partial charge is 0.336 e. The van der Waals surface area contributed by atoms with Crippen LogP contribution in [0.3, 0.4) is 0 Å². The van der Waals surface area contributed by atoms with E-state index in [-0.39, 0.29) is 17.6 Å². The lowest BCUT2D eigenvalue weighted by Gasteiger charge is -2.22. The van der Waals surface area contributed by atoms with Gasteiger partial charge in [0.15, 0.2) is 5.82 Å². The Bertz CT molecular complexity index is 1020. The minimum Gasteiger partial charge on any atom is -0.336 e. The number of nitrogens with one attached hydrogen (secondary N) is 2. The third-order valence-corrected chi connectivity index (χ3v) is 5.25. The highest BCUT2D eigenvalue weighted by molar-refractivity contribution is 5.81. The number of carbonyl (C=O) groups is 1. The summed E-state index contributed by atoms with van der Waals surface area (Å²) in [4.78, 5) is 24.2. The second kappa shape index (κ2) is 8.29. The Morgan fingerprint density at radius 1 is 1.07 bits per heavy atom. The normalized spacial score (nSPS) is 14.9. The number of amides is 2. The summed E-state index contributed by atoms with van der Waals surface area (Å²) >= 11 is 0. The third-order valence-electron chi connectivity index (χ3n) is 5.25. The standard InChI is InChI=1S/C21H25N5O2/c27-20-11-10-19(25-14-12-16-6-4-5-9-18(16)25)24-26(20)15-13-22-21(28)23-17-7-2-1-3-8-17/h4-6,9-12,14,17H,1-3,7-8,13,15H2,(H2,22,23,28). The Balaban J connectivity index is 1.40. The van der Waals surface area contributed by atoms with E-state index in [1.807, 2.05) is 41.1 Å². The van der Waals surface area contributed by atoms with Crippen molar-refractivity contribution in [3.63, 3.8) is 0 Å². The molecule has 1 saturated carbocycles. The SMILES string of the molecule is O=C(NCCn1nc(-n2ccc3ccccc32)ccc1=O)NC1CCCCC1. The first kappa shape index (κ1) is 18.3. The molecule has 2 aromatic heterocycles. The molecule has 2 heterocycles. The van der Waals surface area contributed by atoms with Crippen molar-refractivity contribution in [3.8, 4) is 5.82 Å². The molecule has 1 fully saturated rings. The van der Waals surface area contributed by atoms with Gasteiger partial charge in [-0.1, -0.05) is 37.5 Å². The molecule has 0 aliphatic heterocycles. The predicted octanol–water partition coefficient (Wildman–Crippen LogP) is 2.82. The molecule has 1 aliphatic rings. The van der Waals surface area contributed by atoms with Crippen molar-refractivity contribution < 1.29 is 4.79 Å². The van der Waals surface area contributed by atoms with Crippen molar-refractivity contribution in [2.75, 3.05) is 6.54 Å². The van der Waals surface area contributed by atoms with Crippen LogP contribution in [0.5, 0.6) is 0 Å². The van der Waals surface area contributed by atoms with Gasteiger partial charge in [0.25, 0.3) is 5.56 Å². The number of hydrogen-bond donors (Lipinski definition) is 2. The van der Waals surface area contributed by atoms with Crippen LogP contribution < -0.4 is 16.2 Å². The minimum atomic E-state index is -0.185. The molecule has 2 amide bonds. The van der Waals surface area contributed by atoms with Crippen molar-refractivity contribution in [3.05, 3.63) is 59.0 Å². The molecule has 2 N–H and O–H groups in total. The number of benzene rings is 1. The lowest BCUT2D eigenvalue weighted by Crippen LogP contribution is -2.44. The first-order valence-electron chi connectivity index (χ1n) is 9.90. The maximum atomic E-state index is 12.2. The zero-order valence-electron chi connectivity index (χ0n) is 15.8. The molecule has 3 aromatic rings. The van der Waals surface area contributed by atoms with E-state index >= 15 is 0 Å². The molecular weight excluding hydrogens is 354 g/mol. The molecule has 7 nitrogen and oxygen atoms in total. The summed E-state index contributed by atoms with van der Waals surface area (Å²) in [6.07, 6.45) is 7.62. The van der Waals surface area contributed by atoms with Crippen molar-refractivity contribution in [2.45, 2.75) is 44.7 Å². The van der Waals surface area contributed by atoms with Gasteiger partial charge in [0.2, 0.25) is 0 Å². The number of fused-ring (bicyclic) bond motifs is 1. The van der Waals surface area contributed by atoms with E-state index in [9.17, 15) is 9.59 Å². The van der Waals surface area contributed by atoms with E-state index in [1.165, 1.54) is 30.0 Å². The number of urea groups is 1. The minimum absolute atomic E-state index is 0.174. The second-order valence-electron chi connectivity index (χ2n) is 7.23. The molecule has 4 rings (SSSR count). The van der Waals surface area contributed by atoms with Crippen molar-refractivity contribution in [1.29, 1.82) is 0 Å². The van der Waals surface area contributed by atoms with E-state index in [0.29, 0.717) is 18.9 Å². The molecular formula is C21H25N5O2. The van der Waals surface area contributed by atoms with Crippen molar-refractivity contribution in [1.82, 2.24) is 25.0 Å². The van der Waals surface area contributed by atoms with Crippen LogP contribution in [0.15, 0.2) is 53.5 Å². The van der Waals surface area contributed by atoms with Gasteiger partial charge in [0.1, 0.15) is 0 Å². The summed E-state index contributed by atoms with van der Waals surface area (Å²) in [6.45, 7) is 0.672. The number of hydrogen-bond acceptors (Lipinski definition) is 3. The number of para-hydroxylation sites is 1. The molecule has 0 saturated heterocycles. The Morgan fingerprint density at radius 3 is 2.75 bits per heavy atom. The molecule has 28 heavy (non-hydrogen) atoms. The number of rotatable bonds is 5. The fourth-order valence-corrected chi connectivity index (χ4v) is 3.77. The van der Waals surface area contributed by atoms with Crippen LogP contribution in [-0.4, -0.2) is 33.0 Å². The van der Waals surface area contributed by atoms with Crippen LogP contribution in [0.2, 0.25) is 0 Å². The first-order chi connectivity index (χ1) is 13.7. The average molecular weight is 379 g/mol. The molecule has 146 valence electrons. The van der Waals surface area contributed by atoms with Gasteiger partial charge < -0.3 is 10.6 Å². The Morgan fingerprint density at radius 2 is 1.89 bits per heavy atom. The Kier molecular flexibility index (Phi) is 5.41. The fourth-order valence-electron chi connectivity index (χ4n) is 3.77. The highest BCUT2D eigenvalue weighted by atomic mass is 16.2. The van der Waals surface area contributed by atoms with Gasteiger partial charge >= 0.3 is 6.03 Å². The molecule has 0 radical (unpaired) electrons. The monoisotopic (exact) mass is 379 g/mol. The second-order valence-corrected chi connectivity index (χ2v) is 7.23. The summed E-state index contributed by atoms with van der Waals surface area (Å²) in [5.41, 5.74) is 0.847. The first-order valence-corrected chi connectivity index (χ1v) is 9.90. The smallest absolute Gasteiger partial charge is 0.315 e. The maximum absolute atomic E-state index is 12.2. The van der Waals surface area contributed by atoms with E-state index in [4.69, 9.17) is 0 Å². The molecule has 0 unspecified atom stereocenters. The number of carbonyl (C=O) groups excluding carboxylic acids is 1. The van der Waals surface area contributed by atoms with Gasteiger partial charge in [-0.05, 0) is 36.4 Å². The summed E-state index contributed by atoms with van der Waals surface area (Å²) in [5, 5.41) is 11.4. The van der Waals surface area contributed by atoms with E-state index in [1.54, 1.807) is 6.07 Å². The van der Waals surface area contributed by atoms with E-state index in [2.05, 4.69) is 15.7 Å². The van der Waals surface area contributed by atoms with Gasteiger partial charge in [-0.25, -0.2) is 9.48 Å². The van der Waals surface area contributed by atoms with Gasteiger partial charge in [-0.2, -0.15) is 5.10 Å². The van der Waals surface area contributed by atoms with Gasteiger partial charge in [0, 0.05) is 24.8 Å². The highest BCUT2D eigenvalue weighted by Gasteiger charge is 2.15. The molecule has 0 spiro atoms. The van der Waals surface area contributed by atoms with Crippen LogP contribution in [0, 0.1) is 0 Å². The van der Waals surface area contributed by atoms with Gasteiger partial charge in [-0.15, -0.1) is 0 Å².